The van der Waals surface area contributed by atoms with Gasteiger partial charge in [-0.2, -0.15) is 18.3 Å². The van der Waals surface area contributed by atoms with E-state index in [1.165, 1.54) is 6.21 Å². The highest BCUT2D eigenvalue weighted by molar-refractivity contribution is 6.32. The molecule has 0 bridgehead atoms. The Hall–Kier alpha value is -2.08. The van der Waals surface area contributed by atoms with Crippen LogP contribution in [0.15, 0.2) is 47.7 Å². The Kier molecular flexibility index (Phi) is 4.24. The third kappa shape index (κ3) is 3.71. The fraction of sp³-hybridized carbons (Fsp3) is 0.0769. The first-order valence-corrected chi connectivity index (χ1v) is 5.91. The van der Waals surface area contributed by atoms with Crippen LogP contribution in [0, 0.1) is 0 Å². The first-order valence-electron chi connectivity index (χ1n) is 5.53. The molecule has 7 heteroatoms. The van der Waals surface area contributed by atoms with Crippen molar-refractivity contribution in [1.82, 2.24) is 4.98 Å². The lowest BCUT2D eigenvalue weighted by atomic mass is 10.2. The second kappa shape index (κ2) is 5.92. The lowest BCUT2D eigenvalue weighted by Crippen LogP contribution is -2.06. The largest absolute Gasteiger partial charge is 0.417 e. The Bertz CT molecular complexity index is 612. The van der Waals surface area contributed by atoms with Gasteiger partial charge >= 0.3 is 6.18 Å². The van der Waals surface area contributed by atoms with E-state index in [4.69, 9.17) is 11.6 Å². The summed E-state index contributed by atoms with van der Waals surface area (Å²) in [5.41, 5.74) is 2.43. The molecule has 2 aromatic rings. The fourth-order valence-corrected chi connectivity index (χ4v) is 1.59. The van der Waals surface area contributed by atoms with Crippen molar-refractivity contribution in [2.75, 3.05) is 5.43 Å². The quantitative estimate of drug-likeness (QED) is 0.681. The van der Waals surface area contributed by atoms with Crippen LogP contribution in [0.5, 0.6) is 0 Å². The number of halogens is 4. The first kappa shape index (κ1) is 14.3. The molecule has 20 heavy (non-hydrogen) atoms. The Balaban J connectivity index is 2.09. The Morgan fingerprint density at radius 1 is 1.20 bits per heavy atom. The van der Waals surface area contributed by atoms with Crippen LogP contribution in [0.1, 0.15) is 11.1 Å². The molecule has 1 aromatic carbocycles. The van der Waals surface area contributed by atoms with E-state index in [2.05, 4.69) is 15.5 Å². The van der Waals surface area contributed by atoms with E-state index >= 15 is 0 Å². The van der Waals surface area contributed by atoms with E-state index < -0.39 is 11.7 Å². The molecule has 0 radical (unpaired) electrons. The summed E-state index contributed by atoms with van der Waals surface area (Å²) in [7, 11) is 0. The van der Waals surface area contributed by atoms with Crippen LogP contribution in [0.2, 0.25) is 5.02 Å². The summed E-state index contributed by atoms with van der Waals surface area (Å²) in [5, 5.41) is 3.71. The third-order valence-electron chi connectivity index (χ3n) is 2.35. The predicted octanol–water partition coefficient (Wildman–Crippen LogP) is 4.20. The van der Waals surface area contributed by atoms with Crippen molar-refractivity contribution in [3.8, 4) is 0 Å². The van der Waals surface area contributed by atoms with Gasteiger partial charge in [-0.25, -0.2) is 4.98 Å². The number of benzene rings is 1. The maximum atomic E-state index is 12.4. The second-order valence-corrected chi connectivity index (χ2v) is 4.24. The lowest BCUT2D eigenvalue weighted by Gasteiger charge is -2.08. The van der Waals surface area contributed by atoms with Crippen molar-refractivity contribution in [2.24, 2.45) is 5.10 Å². The lowest BCUT2D eigenvalue weighted by molar-refractivity contribution is -0.137. The topological polar surface area (TPSA) is 37.3 Å². The van der Waals surface area contributed by atoms with Crippen molar-refractivity contribution in [3.05, 3.63) is 58.7 Å². The molecule has 0 aliphatic rings. The summed E-state index contributed by atoms with van der Waals surface area (Å²) in [6, 6.07) is 9.99. The van der Waals surface area contributed by atoms with E-state index in [0.717, 1.165) is 11.6 Å². The summed E-state index contributed by atoms with van der Waals surface area (Å²) >= 11 is 5.72. The van der Waals surface area contributed by atoms with Gasteiger partial charge in [-0.1, -0.05) is 41.9 Å². The number of pyridine rings is 1. The van der Waals surface area contributed by atoms with E-state index in [1.807, 2.05) is 30.3 Å². The number of hydrogen-bond acceptors (Lipinski definition) is 3. The van der Waals surface area contributed by atoms with E-state index in [9.17, 15) is 13.2 Å². The second-order valence-electron chi connectivity index (χ2n) is 3.83. The maximum absolute atomic E-state index is 12.4. The van der Waals surface area contributed by atoms with Gasteiger partial charge in [-0.3, -0.25) is 5.43 Å². The third-order valence-corrected chi connectivity index (χ3v) is 2.64. The van der Waals surface area contributed by atoms with Crippen LogP contribution in [0.25, 0.3) is 0 Å². The first-order chi connectivity index (χ1) is 9.47. The zero-order chi connectivity index (χ0) is 14.6. The fourth-order valence-electron chi connectivity index (χ4n) is 1.38. The van der Waals surface area contributed by atoms with Crippen LogP contribution in [0.4, 0.5) is 19.0 Å². The number of anilines is 1. The summed E-state index contributed by atoms with van der Waals surface area (Å²) in [6.07, 6.45) is -2.26. The average molecular weight is 300 g/mol. The number of alkyl halides is 3. The van der Waals surface area contributed by atoms with Crippen molar-refractivity contribution in [2.45, 2.75) is 6.18 Å². The number of aromatic nitrogens is 1. The number of nitrogens with one attached hydrogen (secondary N) is 1. The van der Waals surface area contributed by atoms with Gasteiger partial charge in [0.1, 0.15) is 0 Å². The van der Waals surface area contributed by atoms with Crippen LogP contribution < -0.4 is 5.43 Å². The van der Waals surface area contributed by atoms with Gasteiger partial charge in [0.05, 0.1) is 16.8 Å². The van der Waals surface area contributed by atoms with E-state index in [-0.39, 0.29) is 10.8 Å². The van der Waals surface area contributed by atoms with Gasteiger partial charge in [0.25, 0.3) is 0 Å². The Morgan fingerprint density at radius 3 is 2.50 bits per heavy atom. The van der Waals surface area contributed by atoms with Gasteiger partial charge in [0, 0.05) is 6.20 Å². The molecule has 0 aliphatic heterocycles. The molecular formula is C13H9ClF3N3. The number of hydrogen-bond donors (Lipinski definition) is 1. The summed E-state index contributed by atoms with van der Waals surface area (Å²) in [4.78, 5) is 3.60. The van der Waals surface area contributed by atoms with Gasteiger partial charge in [0.15, 0.2) is 5.82 Å². The highest BCUT2D eigenvalue weighted by atomic mass is 35.5. The van der Waals surface area contributed by atoms with Crippen molar-refractivity contribution in [1.29, 1.82) is 0 Å². The van der Waals surface area contributed by atoms with Crippen LogP contribution in [-0.4, -0.2) is 11.2 Å². The standard InChI is InChI=1S/C13H9ClF3N3/c14-11-6-10(13(15,16)17)8-18-12(11)20-19-7-9-4-2-1-3-5-9/h1-8H,(H,18,20)/b19-7+. The molecule has 0 atom stereocenters. The predicted molar refractivity (Wildman–Crippen MR) is 71.9 cm³/mol. The molecule has 104 valence electrons. The minimum absolute atomic E-state index is 0.0619. The molecule has 0 amide bonds. The summed E-state index contributed by atoms with van der Waals surface area (Å²) in [5.74, 6) is 0.0619. The zero-order valence-corrected chi connectivity index (χ0v) is 10.8. The van der Waals surface area contributed by atoms with Gasteiger partial charge < -0.3 is 0 Å². The molecule has 1 N–H and O–H groups in total. The molecule has 2 rings (SSSR count). The van der Waals surface area contributed by atoms with E-state index in [0.29, 0.717) is 6.20 Å². The van der Waals surface area contributed by atoms with Gasteiger partial charge in [-0.05, 0) is 11.6 Å². The number of rotatable bonds is 3. The normalized spacial score (nSPS) is 11.8. The molecule has 0 spiro atoms. The molecule has 0 saturated heterocycles. The minimum Gasteiger partial charge on any atom is -0.260 e. The highest BCUT2D eigenvalue weighted by Gasteiger charge is 2.31. The minimum atomic E-state index is -4.47. The number of nitrogens with zero attached hydrogens (tertiary/aromatic N) is 2. The van der Waals surface area contributed by atoms with Crippen LogP contribution in [0.3, 0.4) is 0 Å². The molecule has 1 heterocycles. The summed E-state index contributed by atoms with van der Waals surface area (Å²) in [6.45, 7) is 0. The maximum Gasteiger partial charge on any atom is 0.417 e. The average Bonchev–Trinajstić information content (AvgIpc) is 2.40. The monoisotopic (exact) mass is 299 g/mol. The molecule has 1 aromatic heterocycles. The van der Waals surface area contributed by atoms with Crippen molar-refractivity contribution in [3.63, 3.8) is 0 Å². The van der Waals surface area contributed by atoms with E-state index in [1.54, 1.807) is 0 Å². The van der Waals surface area contributed by atoms with Gasteiger partial charge in [-0.15, -0.1) is 0 Å². The van der Waals surface area contributed by atoms with Crippen LogP contribution >= 0.6 is 11.6 Å². The number of hydrazone groups is 1. The SMILES string of the molecule is FC(F)(F)c1cnc(N/N=C/c2ccccc2)c(Cl)c1. The Morgan fingerprint density at radius 2 is 1.90 bits per heavy atom. The molecule has 0 saturated carbocycles. The van der Waals surface area contributed by atoms with Crippen LogP contribution in [-0.2, 0) is 6.18 Å². The van der Waals surface area contributed by atoms with Crippen molar-refractivity contribution < 1.29 is 13.2 Å². The summed E-state index contributed by atoms with van der Waals surface area (Å²) < 4.78 is 37.3. The highest BCUT2D eigenvalue weighted by Crippen LogP contribution is 2.32. The molecule has 0 aliphatic carbocycles. The zero-order valence-electron chi connectivity index (χ0n) is 10.0. The molecule has 0 unspecified atom stereocenters. The smallest absolute Gasteiger partial charge is 0.260 e. The molecule has 0 fully saturated rings. The Labute approximate surface area is 118 Å². The van der Waals surface area contributed by atoms with Gasteiger partial charge in [0.2, 0.25) is 0 Å². The molecule has 3 nitrogen and oxygen atoms in total. The molecular weight excluding hydrogens is 291 g/mol. The van der Waals surface area contributed by atoms with Crippen molar-refractivity contribution >= 4 is 23.6 Å².